The Morgan fingerprint density at radius 3 is 2.62 bits per heavy atom. The van der Waals surface area contributed by atoms with Crippen LogP contribution in [0.3, 0.4) is 0 Å². The first kappa shape index (κ1) is 19.5. The Morgan fingerprint density at radius 2 is 1.93 bits per heavy atom. The smallest absolute Gasteiger partial charge is 0.253 e. The highest BCUT2D eigenvalue weighted by Gasteiger charge is 2.57. The number of carbonyl (C=O) groups is 1. The molecule has 1 unspecified atom stereocenters. The van der Waals surface area contributed by atoms with Crippen molar-refractivity contribution in [1.82, 2.24) is 9.80 Å². The Labute approximate surface area is 174 Å². The Morgan fingerprint density at radius 1 is 1.17 bits per heavy atom. The molecule has 4 aliphatic rings. The van der Waals surface area contributed by atoms with Gasteiger partial charge in [-0.15, -0.1) is 0 Å². The zero-order valence-electron chi connectivity index (χ0n) is 17.6. The molecular formula is C24H34N2O3. The highest BCUT2D eigenvalue weighted by atomic mass is 16.5. The van der Waals surface area contributed by atoms with Crippen LogP contribution in [0.1, 0.15) is 54.4 Å². The SMILES string of the molecule is Cc1cccc(C(=O)N2CCC(N3CC(OCC4CC4)C34CCOCC4)CC2)c1. The predicted molar refractivity (Wildman–Crippen MR) is 112 cm³/mol. The lowest BCUT2D eigenvalue weighted by Gasteiger charge is -2.63. The highest BCUT2D eigenvalue weighted by Crippen LogP contribution is 2.45. The van der Waals surface area contributed by atoms with Gasteiger partial charge in [-0.25, -0.2) is 0 Å². The van der Waals surface area contributed by atoms with E-state index in [1.807, 2.05) is 36.1 Å². The summed E-state index contributed by atoms with van der Waals surface area (Å²) in [6, 6.07) is 8.53. The summed E-state index contributed by atoms with van der Waals surface area (Å²) in [5.41, 5.74) is 2.15. The summed E-state index contributed by atoms with van der Waals surface area (Å²) in [4.78, 5) is 17.7. The Balaban J connectivity index is 1.20. The number of ether oxygens (including phenoxy) is 2. The molecule has 3 aliphatic heterocycles. The quantitative estimate of drug-likeness (QED) is 0.764. The maximum absolute atomic E-state index is 12.9. The maximum atomic E-state index is 12.9. The Bertz CT molecular complexity index is 733. The maximum Gasteiger partial charge on any atom is 0.253 e. The average molecular weight is 399 g/mol. The van der Waals surface area contributed by atoms with E-state index in [0.29, 0.717) is 12.1 Å². The highest BCUT2D eigenvalue weighted by molar-refractivity contribution is 5.94. The molecule has 1 saturated carbocycles. The average Bonchev–Trinajstić information content (AvgIpc) is 3.58. The normalized spacial score (nSPS) is 27.8. The van der Waals surface area contributed by atoms with Crippen LogP contribution < -0.4 is 0 Å². The molecule has 5 rings (SSSR count). The van der Waals surface area contributed by atoms with Crippen molar-refractivity contribution in [2.24, 2.45) is 5.92 Å². The van der Waals surface area contributed by atoms with Crippen molar-refractivity contribution in [2.45, 2.75) is 63.1 Å². The molecule has 3 heterocycles. The third-order valence-electron chi connectivity index (χ3n) is 7.58. The molecule has 1 aromatic rings. The standard InChI is InChI=1S/C24H34N2O3/c1-18-3-2-4-20(15-18)23(27)25-11-7-21(8-12-25)26-16-22(29-17-19-5-6-19)24(26)9-13-28-14-10-24/h2-4,15,19,21-22H,5-14,16-17H2,1H3. The minimum Gasteiger partial charge on any atom is -0.381 e. The number of nitrogens with zero attached hydrogens (tertiary/aromatic N) is 2. The van der Waals surface area contributed by atoms with Crippen molar-refractivity contribution in [2.75, 3.05) is 39.5 Å². The van der Waals surface area contributed by atoms with E-state index in [1.54, 1.807) is 0 Å². The molecular weight excluding hydrogens is 364 g/mol. The zero-order chi connectivity index (χ0) is 19.8. The van der Waals surface area contributed by atoms with Gasteiger partial charge in [0.15, 0.2) is 0 Å². The van der Waals surface area contributed by atoms with E-state index in [-0.39, 0.29) is 11.4 Å². The van der Waals surface area contributed by atoms with Crippen molar-refractivity contribution < 1.29 is 14.3 Å². The lowest BCUT2D eigenvalue weighted by Crippen LogP contribution is -2.76. The second-order valence-corrected chi connectivity index (χ2v) is 9.53. The largest absolute Gasteiger partial charge is 0.381 e. The minimum atomic E-state index is 0.181. The summed E-state index contributed by atoms with van der Waals surface area (Å²) in [7, 11) is 0. The van der Waals surface area contributed by atoms with E-state index in [2.05, 4.69) is 4.90 Å². The van der Waals surface area contributed by atoms with Crippen molar-refractivity contribution in [3.8, 4) is 0 Å². The summed E-state index contributed by atoms with van der Waals surface area (Å²) in [6.45, 7) is 7.47. The van der Waals surface area contributed by atoms with Gasteiger partial charge >= 0.3 is 0 Å². The Kier molecular flexibility index (Phi) is 5.39. The van der Waals surface area contributed by atoms with Crippen LogP contribution in [0.25, 0.3) is 0 Å². The molecule has 5 heteroatoms. The molecule has 4 fully saturated rings. The number of hydrogen-bond donors (Lipinski definition) is 0. The van der Waals surface area contributed by atoms with Gasteiger partial charge in [-0.05, 0) is 63.5 Å². The number of amides is 1. The first-order valence-electron chi connectivity index (χ1n) is 11.5. The molecule has 1 amide bonds. The van der Waals surface area contributed by atoms with Crippen LogP contribution in [-0.4, -0.2) is 72.8 Å². The molecule has 1 atom stereocenters. The van der Waals surface area contributed by atoms with E-state index in [9.17, 15) is 4.79 Å². The first-order chi connectivity index (χ1) is 14.2. The van der Waals surface area contributed by atoms with Crippen LogP contribution in [0.4, 0.5) is 0 Å². The van der Waals surface area contributed by atoms with Gasteiger partial charge in [0.2, 0.25) is 0 Å². The molecule has 1 aromatic carbocycles. The minimum absolute atomic E-state index is 0.181. The van der Waals surface area contributed by atoms with Crippen LogP contribution in [-0.2, 0) is 9.47 Å². The number of piperidine rings is 1. The number of hydrogen-bond acceptors (Lipinski definition) is 4. The van der Waals surface area contributed by atoms with Gasteiger partial charge in [-0.1, -0.05) is 17.7 Å². The molecule has 0 radical (unpaired) electrons. The molecule has 3 saturated heterocycles. The summed E-state index contributed by atoms with van der Waals surface area (Å²) in [5.74, 6) is 0.999. The fourth-order valence-electron chi connectivity index (χ4n) is 5.54. The third kappa shape index (κ3) is 3.85. The van der Waals surface area contributed by atoms with Crippen LogP contribution in [0, 0.1) is 12.8 Å². The van der Waals surface area contributed by atoms with Crippen molar-refractivity contribution in [1.29, 1.82) is 0 Å². The predicted octanol–water partition coefficient (Wildman–Crippen LogP) is 3.26. The van der Waals surface area contributed by atoms with Crippen molar-refractivity contribution in [3.05, 3.63) is 35.4 Å². The number of benzene rings is 1. The van der Waals surface area contributed by atoms with Gasteiger partial charge < -0.3 is 14.4 Å². The van der Waals surface area contributed by atoms with Crippen molar-refractivity contribution in [3.63, 3.8) is 0 Å². The van der Waals surface area contributed by atoms with Crippen molar-refractivity contribution >= 4 is 5.91 Å². The van der Waals surface area contributed by atoms with Gasteiger partial charge in [-0.3, -0.25) is 9.69 Å². The second kappa shape index (κ2) is 8.01. The first-order valence-corrected chi connectivity index (χ1v) is 11.5. The number of rotatable bonds is 5. The molecule has 158 valence electrons. The number of likely N-dealkylation sites (tertiary alicyclic amines) is 2. The van der Waals surface area contributed by atoms with Crippen LogP contribution in [0.2, 0.25) is 0 Å². The van der Waals surface area contributed by atoms with E-state index in [1.165, 1.54) is 12.8 Å². The van der Waals surface area contributed by atoms with Gasteiger partial charge in [-0.2, -0.15) is 0 Å². The molecule has 1 aliphatic carbocycles. The fourth-order valence-corrected chi connectivity index (χ4v) is 5.54. The molecule has 5 nitrogen and oxygen atoms in total. The van der Waals surface area contributed by atoms with E-state index < -0.39 is 0 Å². The van der Waals surface area contributed by atoms with Crippen LogP contribution >= 0.6 is 0 Å². The molecule has 0 aromatic heterocycles. The van der Waals surface area contributed by atoms with Gasteiger partial charge in [0.25, 0.3) is 5.91 Å². The number of carbonyl (C=O) groups excluding carboxylic acids is 1. The summed E-state index contributed by atoms with van der Waals surface area (Å²) in [5, 5.41) is 0. The monoisotopic (exact) mass is 398 g/mol. The van der Waals surface area contributed by atoms with E-state index in [0.717, 1.165) is 82.2 Å². The molecule has 1 spiro atoms. The molecule has 0 bridgehead atoms. The molecule has 29 heavy (non-hydrogen) atoms. The second-order valence-electron chi connectivity index (χ2n) is 9.53. The topological polar surface area (TPSA) is 42.0 Å². The Hall–Kier alpha value is -1.43. The van der Waals surface area contributed by atoms with Gasteiger partial charge in [0.1, 0.15) is 0 Å². The number of aryl methyl sites for hydroxylation is 1. The van der Waals surface area contributed by atoms with Crippen LogP contribution in [0.5, 0.6) is 0 Å². The lowest BCUT2D eigenvalue weighted by atomic mass is 9.73. The van der Waals surface area contributed by atoms with E-state index >= 15 is 0 Å². The van der Waals surface area contributed by atoms with Gasteiger partial charge in [0, 0.05) is 51.1 Å². The fraction of sp³-hybridized carbons (Fsp3) is 0.708. The zero-order valence-corrected chi connectivity index (χ0v) is 17.6. The summed E-state index contributed by atoms with van der Waals surface area (Å²) < 4.78 is 12.1. The van der Waals surface area contributed by atoms with Gasteiger partial charge in [0.05, 0.1) is 11.6 Å². The third-order valence-corrected chi connectivity index (χ3v) is 7.58. The van der Waals surface area contributed by atoms with Crippen LogP contribution in [0.15, 0.2) is 24.3 Å². The van der Waals surface area contributed by atoms with E-state index in [4.69, 9.17) is 9.47 Å². The molecule has 0 N–H and O–H groups in total. The summed E-state index contributed by atoms with van der Waals surface area (Å²) >= 11 is 0. The summed E-state index contributed by atoms with van der Waals surface area (Å²) in [6.07, 6.45) is 7.37. The lowest BCUT2D eigenvalue weighted by molar-refractivity contribution is -0.217.